The van der Waals surface area contributed by atoms with E-state index < -0.39 is 30.6 Å². The Labute approximate surface area is 771 Å². The van der Waals surface area contributed by atoms with Crippen molar-refractivity contribution in [2.24, 2.45) is 0 Å². The van der Waals surface area contributed by atoms with Gasteiger partial charge >= 0.3 is 66.8 Å². The van der Waals surface area contributed by atoms with Crippen LogP contribution in [0.2, 0.25) is 0 Å². The van der Waals surface area contributed by atoms with E-state index in [1.807, 2.05) is 60.7 Å². The van der Waals surface area contributed by atoms with Crippen LogP contribution in [-0.2, 0) is 30.6 Å². The molecule has 0 unspecified atom stereocenters. The molecule has 49 heteroatoms. The Balaban J connectivity index is -0.000000683. The Morgan fingerprint density at radius 3 is 1.25 bits per heavy atom. The lowest BCUT2D eigenvalue weighted by Gasteiger charge is -2.10. The second-order valence-corrected chi connectivity index (χ2v) is 32.9. The Morgan fingerprint density at radius 1 is 0.323 bits per heavy atom. The average Bonchev–Trinajstić information content (AvgIpc) is 1.62. The van der Waals surface area contributed by atoms with Crippen LogP contribution in [0.5, 0.6) is 0 Å². The minimum absolute atomic E-state index is 0. The molecular formula is C81H128BrN33O12S3. The predicted molar refractivity (Wildman–Crippen MR) is 516 cm³/mol. The van der Waals surface area contributed by atoms with Gasteiger partial charge in [-0.2, -0.15) is 38.2 Å². The smallest absolute Gasteiger partial charge is 0.330 e. The maximum Gasteiger partial charge on any atom is 0.347 e. The first kappa shape index (κ1) is 122. The van der Waals surface area contributed by atoms with Crippen LogP contribution in [0.15, 0.2) is 214 Å². The summed E-state index contributed by atoms with van der Waals surface area (Å²) in [4.78, 5) is 114. The third-order valence-electron chi connectivity index (χ3n) is 15.4. The van der Waals surface area contributed by atoms with E-state index in [4.69, 9.17) is 0 Å². The fourth-order valence-corrected chi connectivity index (χ4v) is 11.8. The molecule has 12 aromatic heterocycles. The normalized spacial score (nSPS) is 10.1. The quantitative estimate of drug-likeness (QED) is 0.143. The Hall–Kier alpha value is -13.9. The van der Waals surface area contributed by atoms with Crippen molar-refractivity contribution in [2.75, 3.05) is 127 Å². The van der Waals surface area contributed by atoms with Gasteiger partial charge in [0, 0.05) is 176 Å². The molecule has 0 aliphatic carbocycles. The number of carbonyl (C=O) groups excluding carboxylic acids is 6. The first-order valence-corrected chi connectivity index (χ1v) is 39.9. The highest BCUT2D eigenvalue weighted by atomic mass is 79.9. The van der Waals surface area contributed by atoms with Crippen LogP contribution in [-0.4, -0.2) is 346 Å². The molecule has 6 amide bonds. The molecular weight excluding hydrogens is 1800 g/mol. The van der Waals surface area contributed by atoms with Crippen LogP contribution in [0.4, 0.5) is 28.8 Å². The lowest BCUT2D eigenvalue weighted by atomic mass is 10.2. The number of para-hydroxylation sites is 3. The molecule has 0 N–H and O–H groups in total. The predicted octanol–water partition coefficient (Wildman–Crippen LogP) is 12.0. The molecule has 15 aromatic rings. The number of rotatable bonds is 7. The topological polar surface area (TPSA) is 472 Å². The summed E-state index contributed by atoms with van der Waals surface area (Å²) in [7, 11) is 18.6. The van der Waals surface area contributed by atoms with E-state index in [0.717, 1.165) is 70.7 Å². The maximum absolute atomic E-state index is 11.8. The van der Waals surface area contributed by atoms with Gasteiger partial charge in [-0.25, -0.2) is 85.7 Å². The second kappa shape index (κ2) is 55.7. The summed E-state index contributed by atoms with van der Waals surface area (Å²) in [6.45, 7) is 0. The highest BCUT2D eigenvalue weighted by Gasteiger charge is 2.23. The third kappa shape index (κ3) is 31.9. The number of nitrogens with zero attached hydrogens (tertiary/aromatic N) is 33. The van der Waals surface area contributed by atoms with E-state index in [9.17, 15) is 54.0 Å². The van der Waals surface area contributed by atoms with E-state index in [0.29, 0.717) is 38.1 Å². The fraction of sp³-hybridized carbons (Fsp3) is 0.346. The van der Waals surface area contributed by atoms with Gasteiger partial charge in [0.25, 0.3) is 0 Å². The van der Waals surface area contributed by atoms with Crippen LogP contribution in [0.25, 0.3) is 66.7 Å². The van der Waals surface area contributed by atoms with Gasteiger partial charge in [0.15, 0.2) is 11.3 Å². The highest BCUT2D eigenvalue weighted by Crippen LogP contribution is 2.19. The third-order valence-corrected chi connectivity index (χ3v) is 20.7. The molecule has 0 bridgehead atoms. The van der Waals surface area contributed by atoms with E-state index in [1.54, 1.807) is 183 Å². The standard InChI is InChI=1S/C11H13N3O2S.C10H11N3O.2C9H10N4O.C8H9N5O.C8H10N4O2S.C6H8BrN3O.C6H9N3O.C4H8N4O2S.10CH4/c1-13(2)17(15,16)14-8-11(12-9-14)10-6-4-3-5-7-10;1-12(2)10(14)13-7-11-8-5-3-4-6-9(8)13;1-12(2)9(14)13-6-11-7-3-4-10-5-8(7)13;1-12(2)9(14)13-6-11-7-4-3-5-10-8(7)13;1-12(2)8(14)13-7-6(10-11-13)4-3-5-9-7;1-11(2)15(13,14)12-8-6-4-3-5-7(8)9-10-12;1-9(2)6(11)10-3-5(7)8-4-10;1-8(2)6(10)9-4-3-7-5-9;1-7(2)11(9,10)8-3-5-6-4-8;;;;;;;;;;/h3-9H,1-2H3;3-7H,1-2H3;2*3-6H,1-2H3;3-5H,1-2H3;3-6H,1-2H3;3-4H,1-2H3;3-5H,1-2H3;3-4H,1-2H3;10*1H4. The Morgan fingerprint density at radius 2 is 0.754 bits per heavy atom. The van der Waals surface area contributed by atoms with Gasteiger partial charge in [-0.3, -0.25) is 18.7 Å². The van der Waals surface area contributed by atoms with Gasteiger partial charge in [0.1, 0.15) is 77.3 Å². The van der Waals surface area contributed by atoms with Crippen LogP contribution >= 0.6 is 15.9 Å². The molecule has 0 saturated heterocycles. The van der Waals surface area contributed by atoms with Gasteiger partial charge in [0.05, 0.1) is 34.0 Å². The van der Waals surface area contributed by atoms with Crippen molar-refractivity contribution >= 4 is 138 Å². The molecule has 130 heavy (non-hydrogen) atoms. The van der Waals surface area contributed by atoms with Crippen molar-refractivity contribution in [1.29, 1.82) is 0 Å². The van der Waals surface area contributed by atoms with Crippen molar-refractivity contribution in [2.45, 2.75) is 74.3 Å². The van der Waals surface area contributed by atoms with Gasteiger partial charge in [-0.1, -0.05) is 134 Å². The van der Waals surface area contributed by atoms with Crippen molar-refractivity contribution in [3.63, 3.8) is 0 Å². The van der Waals surface area contributed by atoms with Gasteiger partial charge in [-0.05, 0) is 75.7 Å². The zero-order chi connectivity index (χ0) is 88.5. The van der Waals surface area contributed by atoms with Crippen molar-refractivity contribution in [3.8, 4) is 11.3 Å². The summed E-state index contributed by atoms with van der Waals surface area (Å²) in [6, 6.07) is 32.0. The molecule has 45 nitrogen and oxygen atoms in total. The molecule has 12 heterocycles. The minimum atomic E-state index is -3.58. The number of benzene rings is 3. The molecule has 714 valence electrons. The second-order valence-electron chi connectivity index (χ2n) is 26.1. The maximum atomic E-state index is 11.8. The number of amides is 6. The molecule has 0 saturated carbocycles. The monoisotopic (exact) mass is 1930 g/mol. The molecule has 0 spiro atoms. The van der Waals surface area contributed by atoms with Crippen molar-refractivity contribution in [3.05, 3.63) is 214 Å². The lowest BCUT2D eigenvalue weighted by molar-refractivity contribution is 0.216. The molecule has 0 radical (unpaired) electrons. The molecule has 0 atom stereocenters. The van der Waals surface area contributed by atoms with E-state index in [-0.39, 0.29) is 110 Å². The number of fused-ring (bicyclic) bond motifs is 5. The van der Waals surface area contributed by atoms with Crippen molar-refractivity contribution in [1.82, 2.24) is 158 Å². The number of pyridine rings is 3. The number of halogens is 1. The lowest BCUT2D eigenvalue weighted by Crippen LogP contribution is -2.29. The summed E-state index contributed by atoms with van der Waals surface area (Å²) in [5.41, 5.74) is 8.14. The molecule has 0 aliphatic heterocycles. The highest BCUT2D eigenvalue weighted by molar-refractivity contribution is 9.10. The zero-order valence-corrected chi connectivity index (χ0v) is 72.4. The molecule has 0 aliphatic rings. The number of hydrogen-bond donors (Lipinski definition) is 0. The van der Waals surface area contributed by atoms with Gasteiger partial charge < -0.3 is 29.4 Å². The van der Waals surface area contributed by atoms with Crippen LogP contribution in [0, 0.1) is 0 Å². The molecule has 15 rings (SSSR count). The van der Waals surface area contributed by atoms with Crippen molar-refractivity contribution < 1.29 is 54.0 Å². The van der Waals surface area contributed by atoms with E-state index in [2.05, 4.69) is 91.6 Å². The minimum Gasteiger partial charge on any atom is -0.330 e. The Kier molecular flexibility index (Phi) is 52.4. The zero-order valence-electron chi connectivity index (χ0n) is 68.4. The van der Waals surface area contributed by atoms with E-state index in [1.165, 1.54) is 137 Å². The van der Waals surface area contributed by atoms with E-state index >= 15 is 0 Å². The fourth-order valence-electron chi connectivity index (χ4n) is 9.13. The Bertz CT molecular complexity index is 5900. The van der Waals surface area contributed by atoms with Crippen LogP contribution in [0.3, 0.4) is 0 Å². The van der Waals surface area contributed by atoms with Gasteiger partial charge in [-0.15, -0.1) is 29.2 Å². The summed E-state index contributed by atoms with van der Waals surface area (Å²) in [6.07, 6.45) is 23.9. The number of carbonyl (C=O) groups is 6. The molecule has 0 fully saturated rings. The first-order chi connectivity index (χ1) is 56.7. The van der Waals surface area contributed by atoms with Crippen LogP contribution in [0.1, 0.15) is 74.3 Å². The number of imidazole rings is 6. The first-order valence-electron chi connectivity index (χ1n) is 34.9. The summed E-state index contributed by atoms with van der Waals surface area (Å²) >= 11 is 3.15. The summed E-state index contributed by atoms with van der Waals surface area (Å²) in [5, 5.41) is 21.7. The summed E-state index contributed by atoms with van der Waals surface area (Å²) in [5.74, 6) is 0. The average molecular weight is 1930 g/mol. The van der Waals surface area contributed by atoms with Gasteiger partial charge in [0.2, 0.25) is 0 Å². The molecule has 3 aromatic carbocycles. The van der Waals surface area contributed by atoms with Crippen LogP contribution < -0.4 is 0 Å². The SMILES string of the molecule is C.C.C.C.C.C.C.C.C.C.CN(C)C(=O)n1ccnc1.CN(C)C(=O)n1cnc(Br)c1.CN(C)C(=O)n1cnc2ccccc21.CN(C)C(=O)n1cnc2cccnc21.CN(C)C(=O)n1cnc2ccncc21.CN(C)C(=O)n1nnc2cccnc21.CN(C)S(=O)(=O)n1cnc(-c2ccccc2)c1.CN(C)S(=O)(=O)n1cnnc1.CN(C)S(=O)(=O)n1nnc2ccccc21. The summed E-state index contributed by atoms with van der Waals surface area (Å²) < 4.78 is 85.0. The number of aromatic nitrogens is 24. The number of hydrogen-bond acceptors (Lipinski definition) is 27. The largest absolute Gasteiger partial charge is 0.347 e.